The monoisotopic (exact) mass is 401 g/mol. The van der Waals surface area contributed by atoms with Crippen molar-refractivity contribution in [1.82, 2.24) is 24.6 Å². The number of hydrogen-bond acceptors (Lipinski definition) is 5. The van der Waals surface area contributed by atoms with Gasteiger partial charge < -0.3 is 14.0 Å². The zero-order chi connectivity index (χ0) is 20.5. The third-order valence-corrected chi connectivity index (χ3v) is 5.71. The second kappa shape index (κ2) is 7.74. The van der Waals surface area contributed by atoms with E-state index < -0.39 is 0 Å². The molecule has 3 heterocycles. The topological polar surface area (TPSA) is 77.1 Å². The van der Waals surface area contributed by atoms with E-state index in [0.29, 0.717) is 24.7 Å². The van der Waals surface area contributed by atoms with Crippen molar-refractivity contribution in [3.05, 3.63) is 54.4 Å². The Kier molecular flexibility index (Phi) is 4.78. The van der Waals surface area contributed by atoms with Crippen LogP contribution in [0.3, 0.4) is 0 Å². The molecule has 0 N–H and O–H groups in total. The summed E-state index contributed by atoms with van der Waals surface area (Å²) in [6, 6.07) is 13.9. The molecule has 7 heteroatoms. The van der Waals surface area contributed by atoms with Gasteiger partial charge in [0.15, 0.2) is 0 Å². The lowest BCUT2D eigenvalue weighted by molar-refractivity contribution is -0.130. The number of benzene rings is 2. The van der Waals surface area contributed by atoms with Gasteiger partial charge in [0.05, 0.1) is 17.4 Å². The Morgan fingerprint density at radius 2 is 1.97 bits per heavy atom. The zero-order valence-corrected chi connectivity index (χ0v) is 16.9. The van der Waals surface area contributed by atoms with Crippen LogP contribution in [0, 0.1) is 6.92 Å². The minimum atomic E-state index is 0.224. The van der Waals surface area contributed by atoms with E-state index >= 15 is 0 Å². The molecule has 30 heavy (non-hydrogen) atoms. The van der Waals surface area contributed by atoms with Gasteiger partial charge in [0.25, 0.3) is 5.89 Å². The van der Waals surface area contributed by atoms with Gasteiger partial charge in [-0.3, -0.25) is 4.79 Å². The minimum Gasteiger partial charge on any atom is -0.343 e. The summed E-state index contributed by atoms with van der Waals surface area (Å²) in [5.41, 5.74) is 4.72. The molecule has 0 unspecified atom stereocenters. The number of amides is 1. The van der Waals surface area contributed by atoms with Crippen LogP contribution in [0.15, 0.2) is 53.3 Å². The predicted molar refractivity (Wildman–Crippen MR) is 114 cm³/mol. The highest BCUT2D eigenvalue weighted by Gasteiger charge is 2.18. The van der Waals surface area contributed by atoms with Crippen LogP contribution >= 0.6 is 0 Å². The van der Waals surface area contributed by atoms with Crippen molar-refractivity contribution in [2.24, 2.45) is 0 Å². The summed E-state index contributed by atoms with van der Waals surface area (Å²) in [4.78, 5) is 23.4. The Hall–Kier alpha value is -3.48. The first kappa shape index (κ1) is 18.5. The second-order valence-electron chi connectivity index (χ2n) is 7.72. The molecular weight excluding hydrogens is 378 g/mol. The molecule has 1 aliphatic heterocycles. The second-order valence-corrected chi connectivity index (χ2v) is 7.72. The third kappa shape index (κ3) is 3.47. The van der Waals surface area contributed by atoms with E-state index in [1.54, 1.807) is 6.33 Å². The Bertz CT molecular complexity index is 1200. The fourth-order valence-electron chi connectivity index (χ4n) is 3.98. The smallest absolute Gasteiger partial charge is 0.258 e. The molecule has 7 nitrogen and oxygen atoms in total. The molecule has 1 fully saturated rings. The van der Waals surface area contributed by atoms with Crippen LogP contribution in [0.1, 0.15) is 24.8 Å². The van der Waals surface area contributed by atoms with Crippen LogP contribution in [-0.2, 0) is 11.3 Å². The van der Waals surface area contributed by atoms with E-state index in [4.69, 9.17) is 4.52 Å². The highest BCUT2D eigenvalue weighted by Crippen LogP contribution is 2.26. The lowest BCUT2D eigenvalue weighted by Crippen LogP contribution is -2.28. The van der Waals surface area contributed by atoms with Crippen molar-refractivity contribution in [3.63, 3.8) is 0 Å². The van der Waals surface area contributed by atoms with Crippen molar-refractivity contribution in [1.29, 1.82) is 0 Å². The highest BCUT2D eigenvalue weighted by atomic mass is 16.5. The molecule has 1 amide bonds. The van der Waals surface area contributed by atoms with E-state index in [1.165, 1.54) is 0 Å². The minimum absolute atomic E-state index is 0.224. The van der Waals surface area contributed by atoms with Crippen molar-refractivity contribution >= 4 is 16.9 Å². The number of carbonyl (C=O) groups excluding carboxylic acids is 1. The van der Waals surface area contributed by atoms with Crippen LogP contribution in [0.5, 0.6) is 0 Å². The maximum absolute atomic E-state index is 12.3. The third-order valence-electron chi connectivity index (χ3n) is 5.71. The van der Waals surface area contributed by atoms with Gasteiger partial charge in [0.1, 0.15) is 0 Å². The molecule has 2 aromatic heterocycles. The molecule has 0 spiro atoms. The first-order valence-corrected chi connectivity index (χ1v) is 10.3. The summed E-state index contributed by atoms with van der Waals surface area (Å²) < 4.78 is 7.52. The summed E-state index contributed by atoms with van der Waals surface area (Å²) in [7, 11) is 0. The molecule has 0 bridgehead atoms. The number of nitrogens with zero attached hydrogens (tertiary/aromatic N) is 5. The Morgan fingerprint density at radius 3 is 2.80 bits per heavy atom. The summed E-state index contributed by atoms with van der Waals surface area (Å²) in [6.07, 6.45) is 4.52. The fraction of sp³-hybridized carbons (Fsp3) is 0.304. The predicted octanol–water partition coefficient (Wildman–Crippen LogP) is 4.07. The molecule has 4 aromatic rings. The molecular formula is C23H23N5O2. The number of carbonyl (C=O) groups is 1. The van der Waals surface area contributed by atoms with E-state index in [9.17, 15) is 4.79 Å². The Labute approximate surface area is 174 Å². The van der Waals surface area contributed by atoms with Crippen molar-refractivity contribution in [3.8, 4) is 22.8 Å². The van der Waals surface area contributed by atoms with Crippen LogP contribution in [0.25, 0.3) is 33.9 Å². The first-order chi connectivity index (χ1) is 14.7. The van der Waals surface area contributed by atoms with Crippen molar-refractivity contribution in [2.75, 3.05) is 13.1 Å². The highest BCUT2D eigenvalue weighted by molar-refractivity contribution is 5.81. The SMILES string of the molecule is Cc1ccccc1-c1nc(-c2ccc3c(c2)ncn3CCC(=O)N2CCCC2)no1. The van der Waals surface area contributed by atoms with Gasteiger partial charge >= 0.3 is 0 Å². The van der Waals surface area contributed by atoms with Gasteiger partial charge in [-0.2, -0.15) is 4.98 Å². The van der Waals surface area contributed by atoms with E-state index in [2.05, 4.69) is 15.1 Å². The number of imidazole rings is 1. The molecule has 0 aliphatic carbocycles. The first-order valence-electron chi connectivity index (χ1n) is 10.3. The maximum atomic E-state index is 12.3. The number of rotatable bonds is 5. The normalized spacial score (nSPS) is 14.0. The largest absolute Gasteiger partial charge is 0.343 e. The summed E-state index contributed by atoms with van der Waals surface area (Å²) in [5.74, 6) is 1.27. The Balaban J connectivity index is 1.35. The quantitative estimate of drug-likeness (QED) is 0.504. The molecule has 1 saturated heterocycles. The summed E-state index contributed by atoms with van der Waals surface area (Å²) in [5, 5.41) is 4.15. The number of likely N-dealkylation sites (tertiary alicyclic amines) is 1. The number of fused-ring (bicyclic) bond motifs is 1. The molecule has 0 radical (unpaired) electrons. The zero-order valence-electron chi connectivity index (χ0n) is 16.9. The van der Waals surface area contributed by atoms with Crippen LogP contribution in [0.2, 0.25) is 0 Å². The molecule has 1 aliphatic rings. The molecule has 2 aromatic carbocycles. The fourth-order valence-corrected chi connectivity index (χ4v) is 3.98. The van der Waals surface area contributed by atoms with Gasteiger partial charge in [0.2, 0.25) is 11.7 Å². The maximum Gasteiger partial charge on any atom is 0.258 e. The Morgan fingerprint density at radius 1 is 1.13 bits per heavy atom. The van der Waals surface area contributed by atoms with Gasteiger partial charge in [-0.05, 0) is 49.6 Å². The summed E-state index contributed by atoms with van der Waals surface area (Å²) in [6.45, 7) is 4.43. The van der Waals surface area contributed by atoms with Gasteiger partial charge in [-0.1, -0.05) is 23.4 Å². The number of aromatic nitrogens is 4. The standard InChI is InChI=1S/C23H23N5O2/c1-16-6-2-3-7-18(16)23-25-22(26-30-23)17-8-9-20-19(14-17)24-15-28(20)13-10-21(29)27-11-4-5-12-27/h2-3,6-9,14-15H,4-5,10-13H2,1H3. The van der Waals surface area contributed by atoms with Crippen LogP contribution in [-0.4, -0.2) is 43.6 Å². The van der Waals surface area contributed by atoms with Gasteiger partial charge in [-0.25, -0.2) is 4.98 Å². The lowest BCUT2D eigenvalue weighted by Gasteiger charge is -2.15. The van der Waals surface area contributed by atoms with E-state index in [-0.39, 0.29) is 5.91 Å². The molecule has 5 rings (SSSR count). The van der Waals surface area contributed by atoms with Crippen LogP contribution < -0.4 is 0 Å². The van der Waals surface area contributed by atoms with Crippen LogP contribution in [0.4, 0.5) is 0 Å². The van der Waals surface area contributed by atoms with E-state index in [1.807, 2.05) is 58.9 Å². The summed E-state index contributed by atoms with van der Waals surface area (Å²) >= 11 is 0. The molecule has 0 atom stereocenters. The molecule has 152 valence electrons. The van der Waals surface area contributed by atoms with Crippen molar-refractivity contribution < 1.29 is 9.32 Å². The lowest BCUT2D eigenvalue weighted by atomic mass is 10.1. The average molecular weight is 401 g/mol. The van der Waals surface area contributed by atoms with Gasteiger partial charge in [-0.15, -0.1) is 0 Å². The molecule has 0 saturated carbocycles. The number of hydrogen-bond donors (Lipinski definition) is 0. The van der Waals surface area contributed by atoms with E-state index in [0.717, 1.165) is 53.7 Å². The average Bonchev–Trinajstić information content (AvgIpc) is 3.53. The van der Waals surface area contributed by atoms with Gasteiger partial charge in [0, 0.05) is 37.2 Å². The number of aryl methyl sites for hydroxylation is 2. The van der Waals surface area contributed by atoms with Crippen molar-refractivity contribution in [2.45, 2.75) is 32.7 Å².